The zero-order chi connectivity index (χ0) is 13.7. The van der Waals surface area contributed by atoms with E-state index >= 15 is 0 Å². The van der Waals surface area contributed by atoms with E-state index in [0.717, 1.165) is 19.6 Å². The lowest BCUT2D eigenvalue weighted by Gasteiger charge is -2.36. The number of nitrogens with zero attached hydrogens (tertiary/aromatic N) is 1. The second kappa shape index (κ2) is 6.87. The fourth-order valence-electron chi connectivity index (χ4n) is 2.53. The molecule has 0 aromatic carbocycles. The molecule has 1 aliphatic heterocycles. The van der Waals surface area contributed by atoms with Crippen LogP contribution in [0.3, 0.4) is 0 Å². The topological polar surface area (TPSA) is 15.3 Å². The molecule has 19 heavy (non-hydrogen) atoms. The van der Waals surface area contributed by atoms with E-state index in [2.05, 4.69) is 43.1 Å². The maximum absolute atomic E-state index is 3.48. The summed E-state index contributed by atoms with van der Waals surface area (Å²) in [5, 5.41) is 3.48. The van der Waals surface area contributed by atoms with E-state index in [1.807, 2.05) is 11.3 Å². The van der Waals surface area contributed by atoms with Crippen LogP contribution in [0.4, 0.5) is 0 Å². The van der Waals surface area contributed by atoms with Crippen LogP contribution in [0.2, 0.25) is 0 Å². The minimum atomic E-state index is 0.557. The van der Waals surface area contributed by atoms with Crippen LogP contribution in [-0.4, -0.2) is 24.5 Å². The first-order valence-electron chi connectivity index (χ1n) is 7.60. The predicted octanol–water partition coefficient (Wildman–Crippen LogP) is 3.87. The maximum atomic E-state index is 3.48. The maximum Gasteiger partial charge on any atom is 0.0328 e. The number of hydrogen-bond donors (Lipinski definition) is 1. The normalized spacial score (nSPS) is 19.7. The number of piperidine rings is 1. The van der Waals surface area contributed by atoms with Crippen molar-refractivity contribution < 1.29 is 0 Å². The van der Waals surface area contributed by atoms with Crippen molar-refractivity contribution in [2.75, 3.05) is 19.6 Å². The van der Waals surface area contributed by atoms with Gasteiger partial charge in [0.2, 0.25) is 0 Å². The molecule has 0 unspecified atom stereocenters. The molecule has 0 spiro atoms. The summed E-state index contributed by atoms with van der Waals surface area (Å²) in [6.45, 7) is 12.8. The summed E-state index contributed by atoms with van der Waals surface area (Å²) in [4.78, 5) is 5.61. The Bertz CT molecular complexity index is 374. The Morgan fingerprint density at radius 1 is 1.21 bits per heavy atom. The van der Waals surface area contributed by atoms with Gasteiger partial charge in [0.05, 0.1) is 0 Å². The molecular formula is C16H28N2S. The highest BCUT2D eigenvalue weighted by Gasteiger charge is 2.25. The summed E-state index contributed by atoms with van der Waals surface area (Å²) in [5.74, 6) is 0. The van der Waals surface area contributed by atoms with Crippen LogP contribution in [-0.2, 0) is 13.1 Å². The van der Waals surface area contributed by atoms with Crippen LogP contribution in [0.1, 0.15) is 49.8 Å². The van der Waals surface area contributed by atoms with Gasteiger partial charge in [-0.05, 0) is 56.4 Å². The van der Waals surface area contributed by atoms with Gasteiger partial charge >= 0.3 is 0 Å². The molecular weight excluding hydrogens is 252 g/mol. The van der Waals surface area contributed by atoms with Crippen molar-refractivity contribution in [2.24, 2.45) is 5.41 Å². The van der Waals surface area contributed by atoms with E-state index < -0.39 is 0 Å². The van der Waals surface area contributed by atoms with Gasteiger partial charge in [-0.2, -0.15) is 0 Å². The molecule has 0 saturated carbocycles. The zero-order valence-corrected chi connectivity index (χ0v) is 13.5. The molecule has 1 aromatic rings. The van der Waals surface area contributed by atoms with Crippen molar-refractivity contribution in [3.8, 4) is 0 Å². The molecule has 0 amide bonds. The number of hydrogen-bond acceptors (Lipinski definition) is 3. The van der Waals surface area contributed by atoms with Crippen molar-refractivity contribution >= 4 is 11.3 Å². The molecule has 1 saturated heterocycles. The number of rotatable bonds is 6. The molecule has 0 aliphatic carbocycles. The summed E-state index contributed by atoms with van der Waals surface area (Å²) in [5.41, 5.74) is 0.557. The van der Waals surface area contributed by atoms with E-state index in [9.17, 15) is 0 Å². The van der Waals surface area contributed by atoms with Crippen molar-refractivity contribution in [1.29, 1.82) is 0 Å². The molecule has 2 nitrogen and oxygen atoms in total. The van der Waals surface area contributed by atoms with Gasteiger partial charge in [-0.1, -0.05) is 20.8 Å². The van der Waals surface area contributed by atoms with Crippen molar-refractivity contribution in [1.82, 2.24) is 10.2 Å². The molecule has 0 radical (unpaired) electrons. The van der Waals surface area contributed by atoms with Crippen molar-refractivity contribution in [3.63, 3.8) is 0 Å². The number of thiophene rings is 1. The van der Waals surface area contributed by atoms with Crippen molar-refractivity contribution in [3.05, 3.63) is 21.9 Å². The smallest absolute Gasteiger partial charge is 0.0328 e. The summed E-state index contributed by atoms with van der Waals surface area (Å²) < 4.78 is 0. The number of nitrogens with one attached hydrogen (secondary N) is 1. The third kappa shape index (κ3) is 4.90. The quantitative estimate of drug-likeness (QED) is 0.796. The third-order valence-electron chi connectivity index (χ3n) is 4.03. The van der Waals surface area contributed by atoms with Crippen LogP contribution in [0, 0.1) is 5.41 Å². The minimum absolute atomic E-state index is 0.557. The zero-order valence-electron chi connectivity index (χ0n) is 12.7. The molecule has 1 fully saturated rings. The van der Waals surface area contributed by atoms with E-state index in [-0.39, 0.29) is 0 Å². The molecule has 1 aliphatic rings. The molecule has 1 N–H and O–H groups in total. The van der Waals surface area contributed by atoms with Gasteiger partial charge in [0.25, 0.3) is 0 Å². The van der Waals surface area contributed by atoms with Gasteiger partial charge in [0.1, 0.15) is 0 Å². The van der Waals surface area contributed by atoms with Gasteiger partial charge < -0.3 is 5.32 Å². The van der Waals surface area contributed by atoms with Crippen molar-refractivity contribution in [2.45, 2.75) is 53.1 Å². The van der Waals surface area contributed by atoms with Gasteiger partial charge in [-0.15, -0.1) is 11.3 Å². The van der Waals surface area contributed by atoms with Crippen LogP contribution in [0.15, 0.2) is 12.1 Å². The molecule has 108 valence electrons. The van der Waals surface area contributed by atoms with E-state index in [0.29, 0.717) is 5.41 Å². The number of likely N-dealkylation sites (tertiary alicyclic amines) is 1. The Morgan fingerprint density at radius 2 is 1.89 bits per heavy atom. The van der Waals surface area contributed by atoms with Crippen LogP contribution in [0.5, 0.6) is 0 Å². The fourth-order valence-corrected chi connectivity index (χ4v) is 3.56. The molecule has 3 heteroatoms. The summed E-state index contributed by atoms with van der Waals surface area (Å²) in [6.07, 6.45) is 3.88. The summed E-state index contributed by atoms with van der Waals surface area (Å²) >= 11 is 1.97. The first-order chi connectivity index (χ1) is 9.09. The predicted molar refractivity (Wildman–Crippen MR) is 84.6 cm³/mol. The summed E-state index contributed by atoms with van der Waals surface area (Å²) in [7, 11) is 0. The highest BCUT2D eigenvalue weighted by molar-refractivity contribution is 7.11. The molecule has 0 atom stereocenters. The molecule has 2 rings (SSSR count). The Labute approximate surface area is 122 Å². The Morgan fingerprint density at radius 3 is 2.58 bits per heavy atom. The second-order valence-electron chi connectivity index (χ2n) is 6.49. The highest BCUT2D eigenvalue weighted by Crippen LogP contribution is 2.31. The standard InChI is InChI=1S/C16H28N2S/c1-4-9-17-12-14-5-6-15(19-14)13-18-10-7-16(2,3)8-11-18/h5-6,17H,4,7-13H2,1-3H3. The average Bonchev–Trinajstić information content (AvgIpc) is 2.80. The fraction of sp³-hybridized carbons (Fsp3) is 0.750. The van der Waals surface area contributed by atoms with E-state index in [1.54, 1.807) is 0 Å². The minimum Gasteiger partial charge on any atom is -0.312 e. The monoisotopic (exact) mass is 280 g/mol. The first-order valence-corrected chi connectivity index (χ1v) is 8.41. The average molecular weight is 280 g/mol. The Kier molecular flexibility index (Phi) is 5.43. The highest BCUT2D eigenvalue weighted by atomic mass is 32.1. The van der Waals surface area contributed by atoms with Crippen LogP contribution >= 0.6 is 11.3 Å². The second-order valence-corrected chi connectivity index (χ2v) is 7.74. The van der Waals surface area contributed by atoms with Gasteiger partial charge in [0.15, 0.2) is 0 Å². The lowest BCUT2D eigenvalue weighted by molar-refractivity contribution is 0.128. The lowest BCUT2D eigenvalue weighted by atomic mass is 9.83. The Hall–Kier alpha value is -0.380. The van der Waals surface area contributed by atoms with Crippen LogP contribution in [0.25, 0.3) is 0 Å². The van der Waals surface area contributed by atoms with E-state index in [4.69, 9.17) is 0 Å². The molecule has 2 heterocycles. The van der Waals surface area contributed by atoms with Crippen LogP contribution < -0.4 is 5.32 Å². The molecule has 1 aromatic heterocycles. The van der Waals surface area contributed by atoms with Gasteiger partial charge in [0, 0.05) is 22.8 Å². The van der Waals surface area contributed by atoms with Gasteiger partial charge in [-0.25, -0.2) is 0 Å². The lowest BCUT2D eigenvalue weighted by Crippen LogP contribution is -2.36. The molecule has 0 bridgehead atoms. The summed E-state index contributed by atoms with van der Waals surface area (Å²) in [6, 6.07) is 4.60. The SMILES string of the molecule is CCCNCc1ccc(CN2CCC(C)(C)CC2)s1. The third-order valence-corrected chi connectivity index (χ3v) is 5.10. The van der Waals surface area contributed by atoms with Gasteiger partial charge in [-0.3, -0.25) is 4.90 Å². The largest absolute Gasteiger partial charge is 0.312 e. The first kappa shape index (κ1) is 15.0. The van der Waals surface area contributed by atoms with E-state index in [1.165, 1.54) is 42.1 Å². The Balaban J connectivity index is 1.77.